The summed E-state index contributed by atoms with van der Waals surface area (Å²) in [6.07, 6.45) is 1.67. The first kappa shape index (κ1) is 17.8. The number of carbonyl (C=O) groups excluding carboxylic acids is 1. The van der Waals surface area contributed by atoms with Crippen molar-refractivity contribution in [3.8, 4) is 0 Å². The second-order valence-corrected chi connectivity index (χ2v) is 5.31. The predicted octanol–water partition coefficient (Wildman–Crippen LogP) is 1.37. The van der Waals surface area contributed by atoms with Crippen molar-refractivity contribution in [2.24, 2.45) is 11.8 Å². The molecule has 0 aliphatic heterocycles. The molecule has 0 bridgehead atoms. The Hall–Kier alpha value is -1.24. The number of carboxylic acid groups (broad SMARTS) is 1. The molecule has 0 amide bonds. The molecule has 6 nitrogen and oxygen atoms in total. The topological polar surface area (TPSA) is 93.1 Å². The molecule has 2 N–H and O–H groups in total. The lowest BCUT2D eigenvalue weighted by molar-refractivity contribution is -0.163. The third-order valence-corrected chi connectivity index (χ3v) is 3.62. The summed E-state index contributed by atoms with van der Waals surface area (Å²) in [4.78, 5) is 22.1. The third kappa shape index (κ3) is 5.57. The molecule has 21 heavy (non-hydrogen) atoms. The number of carbonyl (C=O) groups is 2. The highest BCUT2D eigenvalue weighted by Crippen LogP contribution is 2.38. The van der Waals surface area contributed by atoms with Crippen LogP contribution >= 0.6 is 0 Å². The number of hydrogen-bond acceptors (Lipinski definition) is 5. The Kier molecular flexibility index (Phi) is 7.01. The lowest BCUT2D eigenvalue weighted by Gasteiger charge is -2.24. The highest BCUT2D eigenvalue weighted by molar-refractivity contribution is 5.87. The number of aliphatic carboxylic acids is 1. The van der Waals surface area contributed by atoms with E-state index < -0.39 is 24.3 Å². The van der Waals surface area contributed by atoms with Crippen LogP contribution in [0.15, 0.2) is 12.2 Å². The molecule has 1 rings (SSSR count). The first-order chi connectivity index (χ1) is 9.85. The van der Waals surface area contributed by atoms with Crippen molar-refractivity contribution in [3.05, 3.63) is 12.2 Å². The first-order valence-corrected chi connectivity index (χ1v) is 7.20. The average Bonchev–Trinajstić information content (AvgIpc) is 2.62. The van der Waals surface area contributed by atoms with Gasteiger partial charge in [0.2, 0.25) is 0 Å². The summed E-state index contributed by atoms with van der Waals surface area (Å²) in [5.74, 6) is -1.87. The molecule has 0 radical (unpaired) electrons. The lowest BCUT2D eigenvalue weighted by atomic mass is 9.90. The van der Waals surface area contributed by atoms with E-state index in [0.29, 0.717) is 13.0 Å². The molecule has 0 aromatic heterocycles. The Morgan fingerprint density at radius 2 is 2.10 bits per heavy atom. The summed E-state index contributed by atoms with van der Waals surface area (Å²) in [6, 6.07) is 0. The SMILES string of the molecule is CCOC(C)O[C@H]1C[C@@H](O)[C@@H](CC(=O)O)[C@@H]1C=CC(C)=O. The van der Waals surface area contributed by atoms with E-state index >= 15 is 0 Å². The molecule has 0 saturated heterocycles. The van der Waals surface area contributed by atoms with Gasteiger partial charge in [-0.2, -0.15) is 0 Å². The molecule has 1 unspecified atom stereocenters. The van der Waals surface area contributed by atoms with Gasteiger partial charge in [-0.05, 0) is 26.8 Å². The monoisotopic (exact) mass is 300 g/mol. The van der Waals surface area contributed by atoms with Crippen molar-refractivity contribution < 1.29 is 29.3 Å². The maximum Gasteiger partial charge on any atom is 0.303 e. The molecule has 0 aromatic carbocycles. The van der Waals surface area contributed by atoms with E-state index in [1.807, 2.05) is 6.92 Å². The zero-order chi connectivity index (χ0) is 16.0. The van der Waals surface area contributed by atoms with E-state index in [2.05, 4.69) is 0 Å². The number of ketones is 1. The summed E-state index contributed by atoms with van der Waals surface area (Å²) >= 11 is 0. The Morgan fingerprint density at radius 1 is 1.43 bits per heavy atom. The van der Waals surface area contributed by atoms with Crippen LogP contribution in [0.1, 0.15) is 33.6 Å². The predicted molar refractivity (Wildman–Crippen MR) is 75.6 cm³/mol. The van der Waals surface area contributed by atoms with Gasteiger partial charge in [0.15, 0.2) is 12.1 Å². The van der Waals surface area contributed by atoms with E-state index in [0.717, 1.165) is 0 Å². The summed E-state index contributed by atoms with van der Waals surface area (Å²) in [5.41, 5.74) is 0. The maximum atomic E-state index is 11.1. The molecule has 6 heteroatoms. The third-order valence-electron chi connectivity index (χ3n) is 3.62. The standard InChI is InChI=1S/C15H24O6/c1-4-20-10(3)21-14-8-13(17)12(7-15(18)19)11(14)6-5-9(2)16/h5-6,10-14,17H,4,7-8H2,1-3H3,(H,18,19)/t10?,11-,12-,13+,14-/m0/s1. The van der Waals surface area contributed by atoms with Crippen LogP contribution in [0.25, 0.3) is 0 Å². The molecule has 0 aromatic rings. The van der Waals surface area contributed by atoms with Gasteiger partial charge in [-0.3, -0.25) is 9.59 Å². The molecule has 0 spiro atoms. The van der Waals surface area contributed by atoms with Gasteiger partial charge in [-0.15, -0.1) is 0 Å². The van der Waals surface area contributed by atoms with Crippen LogP contribution in [0.5, 0.6) is 0 Å². The Balaban J connectivity index is 2.84. The average molecular weight is 300 g/mol. The molecular formula is C15H24O6. The second-order valence-electron chi connectivity index (χ2n) is 5.31. The Morgan fingerprint density at radius 3 is 2.62 bits per heavy atom. The van der Waals surface area contributed by atoms with Gasteiger partial charge in [-0.1, -0.05) is 6.08 Å². The first-order valence-electron chi connectivity index (χ1n) is 7.20. The number of ether oxygens (including phenoxy) is 2. The number of aliphatic hydroxyl groups excluding tert-OH is 1. The molecule has 0 heterocycles. The smallest absolute Gasteiger partial charge is 0.303 e. The molecule has 5 atom stereocenters. The molecular weight excluding hydrogens is 276 g/mol. The van der Waals surface area contributed by atoms with E-state index in [9.17, 15) is 14.7 Å². The maximum absolute atomic E-state index is 11.1. The fraction of sp³-hybridized carbons (Fsp3) is 0.733. The van der Waals surface area contributed by atoms with Gasteiger partial charge in [0.05, 0.1) is 18.6 Å². The van der Waals surface area contributed by atoms with Gasteiger partial charge >= 0.3 is 5.97 Å². The number of rotatable bonds is 8. The van der Waals surface area contributed by atoms with Crippen molar-refractivity contribution in [3.63, 3.8) is 0 Å². The number of carboxylic acids is 1. The zero-order valence-electron chi connectivity index (χ0n) is 12.7. The molecule has 1 aliphatic rings. The minimum Gasteiger partial charge on any atom is -0.481 e. The fourth-order valence-corrected chi connectivity index (χ4v) is 2.76. The van der Waals surface area contributed by atoms with Gasteiger partial charge in [0.1, 0.15) is 0 Å². The second kappa shape index (κ2) is 8.26. The quantitative estimate of drug-likeness (QED) is 0.519. The zero-order valence-corrected chi connectivity index (χ0v) is 12.7. The van der Waals surface area contributed by atoms with Crippen molar-refractivity contribution in [1.82, 2.24) is 0 Å². The highest BCUT2D eigenvalue weighted by atomic mass is 16.7. The number of allylic oxidation sites excluding steroid dienone is 1. The van der Waals surface area contributed by atoms with E-state index in [1.54, 1.807) is 13.0 Å². The summed E-state index contributed by atoms with van der Waals surface area (Å²) in [5, 5.41) is 19.1. The van der Waals surface area contributed by atoms with E-state index in [4.69, 9.17) is 14.6 Å². The Labute approximate surface area is 124 Å². The van der Waals surface area contributed by atoms with Crippen LogP contribution in [0, 0.1) is 11.8 Å². The van der Waals surface area contributed by atoms with Crippen LogP contribution in [0.2, 0.25) is 0 Å². The van der Waals surface area contributed by atoms with Crippen LogP contribution in [0.4, 0.5) is 0 Å². The van der Waals surface area contributed by atoms with Gasteiger partial charge in [-0.25, -0.2) is 0 Å². The summed E-state index contributed by atoms with van der Waals surface area (Å²) in [6.45, 7) is 5.53. The molecule has 1 fully saturated rings. The minimum atomic E-state index is -0.973. The molecule has 1 saturated carbocycles. The van der Waals surface area contributed by atoms with E-state index in [1.165, 1.54) is 13.0 Å². The van der Waals surface area contributed by atoms with E-state index in [-0.39, 0.29) is 24.2 Å². The van der Waals surface area contributed by atoms with Crippen LogP contribution < -0.4 is 0 Å². The van der Waals surface area contributed by atoms with Crippen molar-refractivity contribution in [2.45, 2.75) is 52.1 Å². The van der Waals surface area contributed by atoms with Gasteiger partial charge in [0.25, 0.3) is 0 Å². The lowest BCUT2D eigenvalue weighted by Crippen LogP contribution is -2.28. The minimum absolute atomic E-state index is 0.123. The van der Waals surface area contributed by atoms with Crippen LogP contribution in [0.3, 0.4) is 0 Å². The Bertz CT molecular complexity index is 392. The summed E-state index contributed by atoms with van der Waals surface area (Å²) < 4.78 is 11.1. The van der Waals surface area contributed by atoms with Gasteiger partial charge < -0.3 is 19.7 Å². The van der Waals surface area contributed by atoms with Crippen molar-refractivity contribution >= 4 is 11.8 Å². The fourth-order valence-electron chi connectivity index (χ4n) is 2.76. The summed E-state index contributed by atoms with van der Waals surface area (Å²) in [7, 11) is 0. The van der Waals surface area contributed by atoms with Crippen molar-refractivity contribution in [2.75, 3.05) is 6.61 Å². The van der Waals surface area contributed by atoms with Crippen LogP contribution in [-0.2, 0) is 19.1 Å². The normalized spacial score (nSPS) is 30.7. The van der Waals surface area contributed by atoms with Gasteiger partial charge in [0, 0.05) is 24.9 Å². The number of aliphatic hydroxyl groups is 1. The number of hydrogen-bond donors (Lipinski definition) is 2. The van der Waals surface area contributed by atoms with Crippen molar-refractivity contribution in [1.29, 1.82) is 0 Å². The van der Waals surface area contributed by atoms with Crippen LogP contribution in [-0.4, -0.2) is 47.1 Å². The largest absolute Gasteiger partial charge is 0.481 e. The molecule has 1 aliphatic carbocycles. The highest BCUT2D eigenvalue weighted by Gasteiger charge is 2.43. The molecule has 120 valence electrons.